The molecule has 0 rings (SSSR count). The van der Waals surface area contributed by atoms with Gasteiger partial charge in [0.05, 0.1) is 27.7 Å². The van der Waals surface area contributed by atoms with Gasteiger partial charge in [-0.2, -0.15) is 0 Å². The van der Waals surface area contributed by atoms with Crippen molar-refractivity contribution in [3.8, 4) is 0 Å². The van der Waals surface area contributed by atoms with Crippen molar-refractivity contribution in [3.05, 3.63) is 36.5 Å². The molecule has 93 heavy (non-hydrogen) atoms. The number of carbonyl (C=O) groups excluding carboxylic acids is 2. The van der Waals surface area contributed by atoms with Gasteiger partial charge in [-0.25, -0.2) is 4.57 Å². The first-order chi connectivity index (χ1) is 45.5. The second kappa shape index (κ2) is 74.5. The van der Waals surface area contributed by atoms with Crippen molar-refractivity contribution in [3.63, 3.8) is 0 Å². The molecule has 0 bridgehead atoms. The highest BCUT2D eigenvalue weighted by Crippen LogP contribution is 2.43. The van der Waals surface area contributed by atoms with Gasteiger partial charge in [0.15, 0.2) is 6.10 Å². The van der Waals surface area contributed by atoms with Crippen molar-refractivity contribution in [1.82, 2.24) is 0 Å². The van der Waals surface area contributed by atoms with E-state index in [0.717, 1.165) is 44.9 Å². The molecule has 0 amide bonds. The minimum Gasteiger partial charge on any atom is -0.462 e. The standard InChI is InChI=1S/C83H160NO8P/c1-6-8-10-12-14-16-18-20-22-24-26-28-30-32-34-36-38-40-41-42-43-44-46-48-50-52-54-56-58-60-62-64-66-68-70-72-74-76-83(86)92-81(80-91-93(87,88)90-78-77-84(3,4)5)79-89-82(85)75-73-71-69-67-65-63-61-59-57-55-53-51-49-47-45-39-37-35-33-31-29-27-25-23-21-19-17-15-13-11-9-7-2/h18,20,24,26,30,32,81H,6-17,19,21-23,25,27-29,31,33-80H2,1-5H3/p+1/b20-18-,26-24-,32-30-. The topological polar surface area (TPSA) is 108 Å². The largest absolute Gasteiger partial charge is 0.472 e. The summed E-state index contributed by atoms with van der Waals surface area (Å²) in [7, 11) is 1.50. The number of hydrogen-bond donors (Lipinski definition) is 1. The number of carbonyl (C=O) groups is 2. The van der Waals surface area contributed by atoms with Crippen LogP contribution in [0.2, 0.25) is 0 Å². The molecule has 2 atom stereocenters. The molecule has 0 heterocycles. The van der Waals surface area contributed by atoms with Crippen LogP contribution in [0.4, 0.5) is 0 Å². The third-order valence-electron chi connectivity index (χ3n) is 18.9. The second-order valence-electron chi connectivity index (χ2n) is 29.5. The van der Waals surface area contributed by atoms with E-state index in [1.807, 2.05) is 21.1 Å². The van der Waals surface area contributed by atoms with Gasteiger partial charge < -0.3 is 18.9 Å². The van der Waals surface area contributed by atoms with Gasteiger partial charge in [-0.3, -0.25) is 18.6 Å². The first kappa shape index (κ1) is 91.2. The van der Waals surface area contributed by atoms with Crippen molar-refractivity contribution in [2.45, 2.75) is 437 Å². The van der Waals surface area contributed by atoms with Crippen LogP contribution >= 0.6 is 7.82 Å². The van der Waals surface area contributed by atoms with Crippen LogP contribution in [0.3, 0.4) is 0 Å². The van der Waals surface area contributed by atoms with Gasteiger partial charge in [0.2, 0.25) is 0 Å². The Balaban J connectivity index is 3.89. The molecular formula is C83H161NO8P+. The van der Waals surface area contributed by atoms with Gasteiger partial charge in [0.1, 0.15) is 19.8 Å². The Morgan fingerprint density at radius 1 is 0.333 bits per heavy atom. The molecule has 0 spiro atoms. The van der Waals surface area contributed by atoms with E-state index in [4.69, 9.17) is 18.5 Å². The number of unbranched alkanes of at least 4 members (excludes halogenated alkanes) is 58. The highest BCUT2D eigenvalue weighted by atomic mass is 31.2. The van der Waals surface area contributed by atoms with Crippen LogP contribution in [0.25, 0.3) is 0 Å². The summed E-state index contributed by atoms with van der Waals surface area (Å²) in [5.41, 5.74) is 0. The third kappa shape index (κ3) is 79.1. The molecule has 0 aliphatic carbocycles. The SMILES string of the molecule is CCCCCCC/C=C\C/C=C\C/C=C\CCCCCCCCCCCCCCCCCCCCCCCCC(=O)OC(COC(=O)CCCCCCCCCCCCCCCCCCCCCCCCCCCCCCCCCC)COP(=O)(O)OCC[N+](C)(C)C. The summed E-state index contributed by atoms with van der Waals surface area (Å²) in [4.78, 5) is 36.0. The minimum absolute atomic E-state index is 0.0356. The van der Waals surface area contributed by atoms with E-state index in [9.17, 15) is 19.0 Å². The number of hydrogen-bond acceptors (Lipinski definition) is 7. The molecule has 0 aliphatic heterocycles. The maximum atomic E-state index is 12.9. The van der Waals surface area contributed by atoms with Gasteiger partial charge in [0.25, 0.3) is 0 Å². The second-order valence-corrected chi connectivity index (χ2v) is 31.0. The van der Waals surface area contributed by atoms with E-state index >= 15 is 0 Å². The molecule has 2 unspecified atom stereocenters. The molecule has 0 saturated carbocycles. The van der Waals surface area contributed by atoms with E-state index in [2.05, 4.69) is 50.3 Å². The first-order valence-corrected chi connectivity index (χ1v) is 42.7. The normalized spacial score (nSPS) is 13.1. The molecule has 1 N–H and O–H groups in total. The predicted molar refractivity (Wildman–Crippen MR) is 404 cm³/mol. The summed E-state index contributed by atoms with van der Waals surface area (Å²) >= 11 is 0. The molecule has 10 heteroatoms. The number of phosphoric acid groups is 1. The molecule has 0 aromatic carbocycles. The van der Waals surface area contributed by atoms with E-state index < -0.39 is 26.5 Å². The number of allylic oxidation sites excluding steroid dienone is 6. The van der Waals surface area contributed by atoms with Crippen LogP contribution in [0.5, 0.6) is 0 Å². The Morgan fingerprint density at radius 3 is 0.860 bits per heavy atom. The molecule has 0 aliphatic rings. The predicted octanol–water partition coefficient (Wildman–Crippen LogP) is 27.3. The van der Waals surface area contributed by atoms with Crippen LogP contribution in [0.15, 0.2) is 36.5 Å². The summed E-state index contributed by atoms with van der Waals surface area (Å²) in [5.74, 6) is -0.769. The molecule has 550 valence electrons. The fourth-order valence-electron chi connectivity index (χ4n) is 12.6. The van der Waals surface area contributed by atoms with Crippen LogP contribution < -0.4 is 0 Å². The highest BCUT2D eigenvalue weighted by Gasteiger charge is 2.27. The molecule has 9 nitrogen and oxygen atoms in total. The molecule has 0 aromatic heterocycles. The summed E-state index contributed by atoms with van der Waals surface area (Å²) < 4.78 is 34.9. The molecule has 0 aromatic rings. The maximum Gasteiger partial charge on any atom is 0.472 e. The Hall–Kier alpha value is -1.77. The minimum atomic E-state index is -4.39. The number of ether oxygens (including phenoxy) is 2. The van der Waals surface area contributed by atoms with Crippen molar-refractivity contribution >= 4 is 19.8 Å². The number of esters is 2. The molecule has 0 radical (unpaired) electrons. The lowest BCUT2D eigenvalue weighted by Crippen LogP contribution is -2.37. The Kier molecular flexibility index (Phi) is 73.0. The van der Waals surface area contributed by atoms with Gasteiger partial charge >= 0.3 is 19.8 Å². The van der Waals surface area contributed by atoms with Gasteiger partial charge in [-0.15, -0.1) is 0 Å². The fraction of sp³-hybridized carbons (Fsp3) is 0.904. The quantitative estimate of drug-likeness (QED) is 0.0211. The number of rotatable bonds is 78. The third-order valence-corrected chi connectivity index (χ3v) is 19.9. The first-order valence-electron chi connectivity index (χ1n) is 41.2. The van der Waals surface area contributed by atoms with Gasteiger partial charge in [-0.05, 0) is 51.4 Å². The molecular weight excluding hydrogens is 1170 g/mol. The zero-order chi connectivity index (χ0) is 67.6. The number of likely N-dealkylation sites (N-methyl/N-ethyl adjacent to an activating group) is 1. The lowest BCUT2D eigenvalue weighted by Gasteiger charge is -2.24. The average molecular weight is 1330 g/mol. The summed E-state index contributed by atoms with van der Waals surface area (Å²) in [6, 6.07) is 0. The van der Waals surface area contributed by atoms with Crippen LogP contribution in [0, 0.1) is 0 Å². The smallest absolute Gasteiger partial charge is 0.462 e. The molecule has 0 fully saturated rings. The van der Waals surface area contributed by atoms with E-state index in [1.54, 1.807) is 0 Å². The highest BCUT2D eigenvalue weighted by molar-refractivity contribution is 7.47. The van der Waals surface area contributed by atoms with Crippen LogP contribution in [0.1, 0.15) is 431 Å². The van der Waals surface area contributed by atoms with Crippen molar-refractivity contribution in [2.24, 2.45) is 0 Å². The Labute approximate surface area is 580 Å². The maximum absolute atomic E-state index is 12.9. The van der Waals surface area contributed by atoms with Gasteiger partial charge in [0, 0.05) is 12.8 Å². The summed E-state index contributed by atoms with van der Waals surface area (Å²) in [5, 5.41) is 0. The van der Waals surface area contributed by atoms with E-state index in [0.29, 0.717) is 23.9 Å². The number of nitrogens with zero attached hydrogens (tertiary/aromatic N) is 1. The summed E-state index contributed by atoms with van der Waals surface area (Å²) in [6.45, 7) is 4.51. The Bertz CT molecular complexity index is 1660. The van der Waals surface area contributed by atoms with E-state index in [-0.39, 0.29) is 25.6 Å². The van der Waals surface area contributed by atoms with Crippen molar-refractivity contribution in [1.29, 1.82) is 0 Å². The van der Waals surface area contributed by atoms with Crippen LogP contribution in [-0.4, -0.2) is 74.9 Å². The summed E-state index contributed by atoms with van der Waals surface area (Å²) in [6.07, 6.45) is 97.4. The lowest BCUT2D eigenvalue weighted by molar-refractivity contribution is -0.870. The number of quaternary nitrogens is 1. The van der Waals surface area contributed by atoms with E-state index in [1.165, 1.54) is 353 Å². The zero-order valence-corrected chi connectivity index (χ0v) is 63.9. The monoisotopic (exact) mass is 1330 g/mol. The zero-order valence-electron chi connectivity index (χ0n) is 63.0. The number of phosphoric ester groups is 1. The van der Waals surface area contributed by atoms with Crippen molar-refractivity contribution < 1.29 is 42.1 Å². The van der Waals surface area contributed by atoms with Gasteiger partial charge in [-0.1, -0.05) is 403 Å². The van der Waals surface area contributed by atoms with Crippen molar-refractivity contribution in [2.75, 3.05) is 47.5 Å². The lowest BCUT2D eigenvalue weighted by atomic mass is 10.0. The van der Waals surface area contributed by atoms with Crippen LogP contribution in [-0.2, 0) is 32.7 Å². The fourth-order valence-corrected chi connectivity index (χ4v) is 13.4. The molecule has 0 saturated heterocycles. The Morgan fingerprint density at radius 2 is 0.581 bits per heavy atom. The average Bonchev–Trinajstić information content (AvgIpc) is 2.27.